The Morgan fingerprint density at radius 3 is 2.31 bits per heavy atom. The minimum atomic E-state index is -0.126. The topological polar surface area (TPSA) is 29.1 Å². The normalized spacial score (nSPS) is 11.2. The average Bonchev–Trinajstić information content (AvgIpc) is 2.67. The maximum atomic E-state index is 12.9. The summed E-state index contributed by atoms with van der Waals surface area (Å²) in [6.45, 7) is 2.53. The lowest BCUT2D eigenvalue weighted by Crippen LogP contribution is -2.24. The van der Waals surface area contributed by atoms with Crippen molar-refractivity contribution in [3.8, 4) is 0 Å². The fraction of sp³-hybridized carbons (Fsp3) is 0.0870. The Bertz CT molecular complexity index is 932. The van der Waals surface area contributed by atoms with E-state index in [0.717, 1.165) is 22.3 Å². The fourth-order valence-corrected chi connectivity index (χ4v) is 2.91. The van der Waals surface area contributed by atoms with Gasteiger partial charge in [-0.05, 0) is 41.3 Å². The van der Waals surface area contributed by atoms with Gasteiger partial charge in [0.15, 0.2) is 0 Å². The van der Waals surface area contributed by atoms with Gasteiger partial charge in [0.05, 0.1) is 0 Å². The second-order valence-electron chi connectivity index (χ2n) is 6.05. The lowest BCUT2D eigenvalue weighted by atomic mass is 10.0. The van der Waals surface area contributed by atoms with E-state index in [-0.39, 0.29) is 5.91 Å². The van der Waals surface area contributed by atoms with Crippen molar-refractivity contribution in [3.05, 3.63) is 106 Å². The number of halogens is 1. The molecule has 0 aliphatic heterocycles. The van der Waals surface area contributed by atoms with Crippen LogP contribution in [0.5, 0.6) is 0 Å². The van der Waals surface area contributed by atoms with Crippen LogP contribution in [0.15, 0.2) is 78.9 Å². The summed E-state index contributed by atoms with van der Waals surface area (Å²) < 4.78 is 0. The molecular weight excluding hydrogens is 342 g/mol. The van der Waals surface area contributed by atoms with Crippen molar-refractivity contribution in [1.29, 1.82) is 0 Å². The molecule has 0 radical (unpaired) electrons. The Morgan fingerprint density at radius 2 is 1.58 bits per heavy atom. The number of aryl methyl sites for hydroxylation is 1. The molecular formula is C23H20ClNO. The maximum absolute atomic E-state index is 12.9. The van der Waals surface area contributed by atoms with Gasteiger partial charge in [-0.1, -0.05) is 84.4 Å². The molecule has 3 rings (SSSR count). The lowest BCUT2D eigenvalue weighted by molar-refractivity contribution is -0.115. The van der Waals surface area contributed by atoms with Crippen molar-refractivity contribution in [2.75, 3.05) is 0 Å². The van der Waals surface area contributed by atoms with Crippen LogP contribution in [0, 0.1) is 6.92 Å². The van der Waals surface area contributed by atoms with E-state index in [4.69, 9.17) is 11.6 Å². The predicted octanol–water partition coefficient (Wildman–Crippen LogP) is 5.51. The summed E-state index contributed by atoms with van der Waals surface area (Å²) in [4.78, 5) is 12.9. The van der Waals surface area contributed by atoms with Crippen LogP contribution in [-0.4, -0.2) is 5.91 Å². The molecule has 26 heavy (non-hydrogen) atoms. The quantitative estimate of drug-likeness (QED) is 0.471. The third-order valence-electron chi connectivity index (χ3n) is 4.24. The molecule has 3 aromatic rings. The van der Waals surface area contributed by atoms with Crippen molar-refractivity contribution < 1.29 is 4.79 Å². The van der Waals surface area contributed by atoms with Crippen molar-refractivity contribution >= 4 is 29.2 Å². The van der Waals surface area contributed by atoms with Gasteiger partial charge < -0.3 is 5.32 Å². The molecule has 0 bridgehead atoms. The van der Waals surface area contributed by atoms with Crippen molar-refractivity contribution in [2.24, 2.45) is 0 Å². The summed E-state index contributed by atoms with van der Waals surface area (Å²) in [5.41, 5.74) is 4.52. The molecule has 0 aliphatic rings. The van der Waals surface area contributed by atoms with Gasteiger partial charge in [0.2, 0.25) is 0 Å². The molecule has 3 heteroatoms. The molecule has 0 spiro atoms. The Kier molecular flexibility index (Phi) is 5.88. The summed E-state index contributed by atoms with van der Waals surface area (Å²) in [6, 6.07) is 25.2. The van der Waals surface area contributed by atoms with Gasteiger partial charge in [-0.2, -0.15) is 0 Å². The van der Waals surface area contributed by atoms with Crippen LogP contribution in [0.2, 0.25) is 5.02 Å². The van der Waals surface area contributed by atoms with E-state index < -0.39 is 0 Å². The zero-order chi connectivity index (χ0) is 18.4. The Labute approximate surface area is 159 Å². The molecule has 3 aromatic carbocycles. The first kappa shape index (κ1) is 18.0. The molecule has 0 aliphatic carbocycles. The minimum Gasteiger partial charge on any atom is -0.348 e. The molecule has 0 saturated heterocycles. The molecule has 0 unspecified atom stereocenters. The molecule has 0 aromatic heterocycles. The average molecular weight is 362 g/mol. The van der Waals surface area contributed by atoms with Crippen LogP contribution in [0.25, 0.3) is 11.6 Å². The first-order valence-electron chi connectivity index (χ1n) is 8.49. The van der Waals surface area contributed by atoms with Gasteiger partial charge in [-0.3, -0.25) is 4.79 Å². The summed E-state index contributed by atoms with van der Waals surface area (Å²) >= 11 is 6.28. The first-order chi connectivity index (χ1) is 12.6. The first-order valence-corrected chi connectivity index (χ1v) is 8.87. The highest BCUT2D eigenvalue weighted by molar-refractivity contribution is 6.33. The Morgan fingerprint density at radius 1 is 0.923 bits per heavy atom. The molecule has 0 saturated carbocycles. The van der Waals surface area contributed by atoms with Crippen LogP contribution >= 0.6 is 11.6 Å². The van der Waals surface area contributed by atoms with Gasteiger partial charge in [-0.15, -0.1) is 0 Å². The van der Waals surface area contributed by atoms with E-state index in [1.165, 1.54) is 0 Å². The van der Waals surface area contributed by atoms with Crippen LogP contribution in [-0.2, 0) is 11.3 Å². The molecule has 2 nitrogen and oxygen atoms in total. The zero-order valence-corrected chi connectivity index (χ0v) is 15.3. The fourth-order valence-electron chi connectivity index (χ4n) is 2.72. The number of hydrogen-bond donors (Lipinski definition) is 1. The SMILES string of the molecule is Cc1ccccc1CNC(=O)/C(=C/c1ccccc1Cl)c1ccccc1. The number of carbonyl (C=O) groups is 1. The van der Waals surface area contributed by atoms with Gasteiger partial charge >= 0.3 is 0 Å². The van der Waals surface area contributed by atoms with E-state index in [0.29, 0.717) is 17.1 Å². The number of rotatable bonds is 5. The lowest BCUT2D eigenvalue weighted by Gasteiger charge is -2.11. The van der Waals surface area contributed by atoms with Crippen LogP contribution in [0.3, 0.4) is 0 Å². The summed E-state index contributed by atoms with van der Waals surface area (Å²) in [5.74, 6) is -0.126. The summed E-state index contributed by atoms with van der Waals surface area (Å²) in [7, 11) is 0. The maximum Gasteiger partial charge on any atom is 0.252 e. The van der Waals surface area contributed by atoms with E-state index in [2.05, 4.69) is 5.32 Å². The standard InChI is InChI=1S/C23H20ClNO/c1-17-9-5-6-13-20(17)16-25-23(26)21(18-10-3-2-4-11-18)15-19-12-7-8-14-22(19)24/h2-15H,16H2,1H3,(H,25,26)/b21-15+. The van der Waals surface area contributed by atoms with Gasteiger partial charge in [0.25, 0.3) is 5.91 Å². The largest absolute Gasteiger partial charge is 0.348 e. The summed E-state index contributed by atoms with van der Waals surface area (Å²) in [6.07, 6.45) is 1.84. The van der Waals surface area contributed by atoms with E-state index in [1.807, 2.05) is 91.9 Å². The Balaban J connectivity index is 1.90. The predicted molar refractivity (Wildman–Crippen MR) is 109 cm³/mol. The molecule has 0 fully saturated rings. The third-order valence-corrected chi connectivity index (χ3v) is 4.58. The van der Waals surface area contributed by atoms with Gasteiger partial charge in [0, 0.05) is 17.1 Å². The smallest absolute Gasteiger partial charge is 0.252 e. The molecule has 1 amide bonds. The van der Waals surface area contributed by atoms with Crippen LogP contribution in [0.4, 0.5) is 0 Å². The summed E-state index contributed by atoms with van der Waals surface area (Å²) in [5, 5.41) is 3.65. The number of amides is 1. The molecule has 1 N–H and O–H groups in total. The van der Waals surface area contributed by atoms with Crippen molar-refractivity contribution in [3.63, 3.8) is 0 Å². The highest BCUT2D eigenvalue weighted by atomic mass is 35.5. The number of benzene rings is 3. The third kappa shape index (κ3) is 4.41. The monoisotopic (exact) mass is 361 g/mol. The second-order valence-corrected chi connectivity index (χ2v) is 6.46. The molecule has 130 valence electrons. The van der Waals surface area contributed by atoms with Crippen molar-refractivity contribution in [1.82, 2.24) is 5.32 Å². The highest BCUT2D eigenvalue weighted by Gasteiger charge is 2.13. The van der Waals surface area contributed by atoms with Gasteiger partial charge in [-0.25, -0.2) is 0 Å². The Hall–Kier alpha value is -2.84. The van der Waals surface area contributed by atoms with Crippen LogP contribution < -0.4 is 5.32 Å². The number of carbonyl (C=O) groups excluding carboxylic acids is 1. The van der Waals surface area contributed by atoms with E-state index in [1.54, 1.807) is 0 Å². The minimum absolute atomic E-state index is 0.126. The highest BCUT2D eigenvalue weighted by Crippen LogP contribution is 2.23. The zero-order valence-electron chi connectivity index (χ0n) is 14.6. The van der Waals surface area contributed by atoms with Crippen LogP contribution in [0.1, 0.15) is 22.3 Å². The number of nitrogens with one attached hydrogen (secondary N) is 1. The van der Waals surface area contributed by atoms with E-state index >= 15 is 0 Å². The molecule has 0 heterocycles. The second kappa shape index (κ2) is 8.50. The van der Waals surface area contributed by atoms with Crippen molar-refractivity contribution in [2.45, 2.75) is 13.5 Å². The van der Waals surface area contributed by atoms with Gasteiger partial charge in [0.1, 0.15) is 0 Å². The molecule has 0 atom stereocenters. The van der Waals surface area contributed by atoms with E-state index in [9.17, 15) is 4.79 Å². The number of hydrogen-bond acceptors (Lipinski definition) is 1.